The first-order valence-electron chi connectivity index (χ1n) is 12.3. The largest absolute Gasteiger partial charge is 0.444 e. The van der Waals surface area contributed by atoms with Gasteiger partial charge in [0.1, 0.15) is 29.6 Å². The Balaban J connectivity index is 1.20. The number of anilines is 1. The number of nitrogens with two attached hydrogens (primary N) is 1. The van der Waals surface area contributed by atoms with Crippen LogP contribution in [0, 0.1) is 0 Å². The van der Waals surface area contributed by atoms with Gasteiger partial charge in [0, 0.05) is 32.4 Å². The highest BCUT2D eigenvalue weighted by molar-refractivity contribution is 5.86. The van der Waals surface area contributed by atoms with E-state index in [1.54, 1.807) is 0 Å². The van der Waals surface area contributed by atoms with E-state index in [4.69, 9.17) is 19.9 Å². The van der Waals surface area contributed by atoms with E-state index in [1.165, 1.54) is 6.33 Å². The molecule has 0 aromatic carbocycles. The minimum absolute atomic E-state index is 0.0517. The Morgan fingerprint density at radius 2 is 2.12 bits per heavy atom. The maximum atomic E-state index is 12.7. The number of fused-ring (bicyclic) bond motifs is 1. The molecule has 3 fully saturated rings. The number of nitrogens with zero attached hydrogens (tertiary/aromatic N) is 5. The number of amides is 1. The van der Waals surface area contributed by atoms with Crippen LogP contribution in [0.15, 0.2) is 18.6 Å². The van der Waals surface area contributed by atoms with Crippen LogP contribution in [0.5, 0.6) is 0 Å². The van der Waals surface area contributed by atoms with Crippen LogP contribution in [-0.2, 0) is 14.2 Å². The van der Waals surface area contributed by atoms with Crippen LogP contribution in [0.25, 0.3) is 11.0 Å². The minimum Gasteiger partial charge on any atom is -0.444 e. The van der Waals surface area contributed by atoms with E-state index in [9.17, 15) is 4.79 Å². The summed E-state index contributed by atoms with van der Waals surface area (Å²) in [6.45, 7) is 10.2. The summed E-state index contributed by atoms with van der Waals surface area (Å²) in [6.07, 6.45) is 7.11. The lowest BCUT2D eigenvalue weighted by atomic mass is 9.90. The number of morpholine rings is 1. The molecule has 10 heteroatoms. The van der Waals surface area contributed by atoms with Gasteiger partial charge in [-0.2, -0.15) is 0 Å². The molecule has 3 atom stereocenters. The van der Waals surface area contributed by atoms with Crippen LogP contribution in [0.3, 0.4) is 0 Å². The van der Waals surface area contributed by atoms with Gasteiger partial charge in [0.25, 0.3) is 0 Å². The van der Waals surface area contributed by atoms with Crippen LogP contribution in [0.2, 0.25) is 0 Å². The molecular weight excluding hydrogens is 436 g/mol. The second-order valence-corrected chi connectivity index (χ2v) is 10.8. The fraction of sp³-hybridized carbons (Fsp3) is 0.708. The van der Waals surface area contributed by atoms with Crippen LogP contribution in [0.4, 0.5) is 10.6 Å². The molecule has 2 N–H and O–H groups in total. The third-order valence-corrected chi connectivity index (χ3v) is 6.92. The number of hydrogen-bond donors (Lipinski definition) is 1. The average molecular weight is 473 g/mol. The van der Waals surface area contributed by atoms with Crippen molar-refractivity contribution < 1.29 is 19.0 Å². The molecule has 0 aliphatic carbocycles. The number of piperidine rings is 1. The first-order chi connectivity index (χ1) is 16.2. The predicted molar refractivity (Wildman–Crippen MR) is 127 cm³/mol. The fourth-order valence-electron chi connectivity index (χ4n) is 5.44. The number of nitrogen functional groups attached to an aromatic ring is 1. The quantitative estimate of drug-likeness (QED) is 0.727. The smallest absolute Gasteiger partial charge is 0.410 e. The highest BCUT2D eigenvalue weighted by Crippen LogP contribution is 2.34. The summed E-state index contributed by atoms with van der Waals surface area (Å²) >= 11 is 0. The molecule has 3 aliphatic rings. The Labute approximate surface area is 200 Å². The number of aromatic nitrogens is 3. The molecule has 10 nitrogen and oxygen atoms in total. The van der Waals surface area contributed by atoms with Gasteiger partial charge >= 0.3 is 6.09 Å². The van der Waals surface area contributed by atoms with Crippen molar-refractivity contribution in [2.24, 2.45) is 0 Å². The van der Waals surface area contributed by atoms with Crippen molar-refractivity contribution >= 4 is 22.9 Å². The second kappa shape index (κ2) is 8.98. The molecule has 1 amide bonds. The number of likely N-dealkylation sites (tertiary alicyclic amines) is 1. The Kier molecular flexibility index (Phi) is 6.16. The second-order valence-electron chi connectivity index (χ2n) is 10.8. The lowest BCUT2D eigenvalue weighted by Gasteiger charge is -2.48. The molecule has 0 bridgehead atoms. The van der Waals surface area contributed by atoms with E-state index in [0.717, 1.165) is 56.4 Å². The van der Waals surface area contributed by atoms with Gasteiger partial charge in [-0.3, -0.25) is 4.90 Å². The van der Waals surface area contributed by atoms with Gasteiger partial charge in [-0.1, -0.05) is 0 Å². The number of hydrogen-bond acceptors (Lipinski definition) is 8. The Hall–Kier alpha value is -2.43. The topological polar surface area (TPSA) is 108 Å². The molecule has 3 saturated heterocycles. The fourth-order valence-corrected chi connectivity index (χ4v) is 5.44. The lowest BCUT2D eigenvalue weighted by molar-refractivity contribution is -0.144. The number of rotatable bonds is 3. The van der Waals surface area contributed by atoms with Gasteiger partial charge in [0.05, 0.1) is 30.2 Å². The Bertz CT molecular complexity index is 1030. The molecular formula is C24H36N6O4. The van der Waals surface area contributed by atoms with Gasteiger partial charge < -0.3 is 29.4 Å². The van der Waals surface area contributed by atoms with E-state index in [2.05, 4.69) is 19.4 Å². The van der Waals surface area contributed by atoms with Crippen molar-refractivity contribution in [3.8, 4) is 0 Å². The summed E-state index contributed by atoms with van der Waals surface area (Å²) in [5.74, 6) is 0.491. The van der Waals surface area contributed by atoms with Crippen LogP contribution in [-0.4, -0.2) is 87.1 Å². The summed E-state index contributed by atoms with van der Waals surface area (Å²) in [5.41, 5.74) is 5.97. The van der Waals surface area contributed by atoms with Gasteiger partial charge in [-0.15, -0.1) is 0 Å². The Morgan fingerprint density at radius 3 is 2.94 bits per heavy atom. The number of carbonyl (C=O) groups excluding carboxylic acids is 1. The van der Waals surface area contributed by atoms with Crippen molar-refractivity contribution in [3.63, 3.8) is 0 Å². The Morgan fingerprint density at radius 1 is 1.26 bits per heavy atom. The maximum Gasteiger partial charge on any atom is 0.410 e. The molecule has 0 saturated carbocycles. The molecule has 1 spiro atoms. The van der Waals surface area contributed by atoms with Gasteiger partial charge in [0.15, 0.2) is 0 Å². The third-order valence-electron chi connectivity index (χ3n) is 6.92. The molecule has 2 aromatic rings. The van der Waals surface area contributed by atoms with Crippen molar-refractivity contribution in [2.45, 2.75) is 70.0 Å². The van der Waals surface area contributed by atoms with E-state index in [0.29, 0.717) is 25.5 Å². The van der Waals surface area contributed by atoms with Gasteiger partial charge in [-0.25, -0.2) is 14.8 Å². The average Bonchev–Trinajstić information content (AvgIpc) is 3.40. The molecule has 0 radical (unpaired) electrons. The third kappa shape index (κ3) is 4.85. The SMILES string of the molecule is CC(C)(C)OC(=O)N1CCCC2(CN(CC3CCC(n4ccc5c(N)ncnc54)O3)CCO2)C1. The van der Waals surface area contributed by atoms with Crippen molar-refractivity contribution in [3.05, 3.63) is 18.6 Å². The summed E-state index contributed by atoms with van der Waals surface area (Å²) < 4.78 is 20.4. The van der Waals surface area contributed by atoms with Crippen LogP contribution >= 0.6 is 0 Å². The first-order valence-corrected chi connectivity index (χ1v) is 12.3. The van der Waals surface area contributed by atoms with E-state index in [-0.39, 0.29) is 24.0 Å². The highest BCUT2D eigenvalue weighted by atomic mass is 16.6. The molecule has 186 valence electrons. The minimum atomic E-state index is -0.500. The molecule has 5 heterocycles. The molecule has 5 rings (SSSR count). The normalized spacial score (nSPS) is 28.6. The monoisotopic (exact) mass is 472 g/mol. The zero-order valence-electron chi connectivity index (χ0n) is 20.4. The molecule has 3 unspecified atom stereocenters. The summed E-state index contributed by atoms with van der Waals surface area (Å²) in [4.78, 5) is 25.4. The highest BCUT2D eigenvalue weighted by Gasteiger charge is 2.43. The zero-order valence-corrected chi connectivity index (χ0v) is 20.4. The van der Waals surface area contributed by atoms with E-state index >= 15 is 0 Å². The maximum absolute atomic E-state index is 12.7. The summed E-state index contributed by atoms with van der Waals surface area (Å²) in [5, 5.41) is 0.858. The first kappa shape index (κ1) is 23.3. The van der Waals surface area contributed by atoms with Crippen LogP contribution < -0.4 is 5.73 Å². The van der Waals surface area contributed by atoms with Crippen molar-refractivity contribution in [2.75, 3.05) is 45.1 Å². The summed E-state index contributed by atoms with van der Waals surface area (Å²) in [6, 6.07) is 1.95. The molecule has 2 aromatic heterocycles. The van der Waals surface area contributed by atoms with Crippen molar-refractivity contribution in [1.82, 2.24) is 24.3 Å². The zero-order chi connectivity index (χ0) is 23.9. The lowest BCUT2D eigenvalue weighted by Crippen LogP contribution is -2.61. The van der Waals surface area contributed by atoms with Gasteiger partial charge in [0.2, 0.25) is 0 Å². The number of carbonyl (C=O) groups is 1. The molecule has 34 heavy (non-hydrogen) atoms. The van der Waals surface area contributed by atoms with E-state index < -0.39 is 5.60 Å². The van der Waals surface area contributed by atoms with Crippen molar-refractivity contribution in [1.29, 1.82) is 0 Å². The van der Waals surface area contributed by atoms with Crippen LogP contribution in [0.1, 0.15) is 52.7 Å². The summed E-state index contributed by atoms with van der Waals surface area (Å²) in [7, 11) is 0. The predicted octanol–water partition coefficient (Wildman–Crippen LogP) is 2.79. The van der Waals surface area contributed by atoms with E-state index in [1.807, 2.05) is 37.9 Å². The number of ether oxygens (including phenoxy) is 3. The van der Waals surface area contributed by atoms with Gasteiger partial charge in [-0.05, 0) is 52.5 Å². The standard InChI is InChI=1S/C24H36N6O4/c1-23(2,3)34-22(31)29-9-4-8-24(15-29)14-28(11-12-32-24)13-17-5-6-19(33-17)30-10-7-18-20(25)26-16-27-21(18)30/h7,10,16-17,19H,4-6,8-9,11-15H2,1-3H3,(H2,25,26,27). The molecule has 3 aliphatic heterocycles.